The van der Waals surface area contributed by atoms with Crippen LogP contribution < -0.4 is 11.1 Å². The molecule has 7 nitrogen and oxygen atoms in total. The van der Waals surface area contributed by atoms with Gasteiger partial charge < -0.3 is 16.0 Å². The predicted octanol–water partition coefficient (Wildman–Crippen LogP) is 0.504. The topological polar surface area (TPSA) is 97.3 Å². The van der Waals surface area contributed by atoms with Crippen molar-refractivity contribution in [2.45, 2.75) is 26.2 Å². The van der Waals surface area contributed by atoms with Gasteiger partial charge in [-0.2, -0.15) is 0 Å². The van der Waals surface area contributed by atoms with Crippen molar-refractivity contribution in [3.05, 3.63) is 5.69 Å². The smallest absolute Gasteiger partial charge is 0.277 e. The second-order valence-corrected chi connectivity index (χ2v) is 5.17. The highest BCUT2D eigenvalue weighted by molar-refractivity contribution is 5.95. The highest BCUT2D eigenvalue weighted by atomic mass is 16.6. The maximum absolute atomic E-state index is 11.8. The van der Waals surface area contributed by atoms with Crippen LogP contribution in [0.15, 0.2) is 4.63 Å². The van der Waals surface area contributed by atoms with Crippen molar-refractivity contribution in [1.29, 1.82) is 0 Å². The van der Waals surface area contributed by atoms with Crippen LogP contribution in [0, 0.1) is 5.92 Å². The summed E-state index contributed by atoms with van der Waals surface area (Å²) in [5.41, 5.74) is 5.52. The van der Waals surface area contributed by atoms with E-state index in [4.69, 9.17) is 5.73 Å². The van der Waals surface area contributed by atoms with Crippen LogP contribution in [0.2, 0.25) is 0 Å². The molecule has 106 valence electrons. The number of carbonyl (C=O) groups excluding carboxylic acids is 1. The van der Waals surface area contributed by atoms with E-state index in [0.717, 1.165) is 6.54 Å². The molecule has 0 bridgehead atoms. The zero-order valence-corrected chi connectivity index (χ0v) is 11.3. The lowest BCUT2D eigenvalue weighted by Crippen LogP contribution is -2.38. The molecular weight excluding hydrogens is 246 g/mol. The molecule has 19 heavy (non-hydrogen) atoms. The lowest BCUT2D eigenvalue weighted by Gasteiger charge is -2.29. The van der Waals surface area contributed by atoms with Gasteiger partial charge >= 0.3 is 0 Å². The summed E-state index contributed by atoms with van der Waals surface area (Å²) in [7, 11) is 0. The van der Waals surface area contributed by atoms with Gasteiger partial charge in [-0.1, -0.05) is 13.3 Å². The molecule has 0 radical (unpaired) electrons. The lowest BCUT2D eigenvalue weighted by molar-refractivity contribution is 0.0933. The summed E-state index contributed by atoms with van der Waals surface area (Å²) in [5.74, 6) is 0.0913. The van der Waals surface area contributed by atoms with Gasteiger partial charge in [0.25, 0.3) is 5.91 Å². The number of nitrogens with one attached hydrogen (secondary N) is 1. The molecule has 2 heterocycles. The monoisotopic (exact) mass is 267 g/mol. The molecule has 1 aromatic heterocycles. The lowest BCUT2D eigenvalue weighted by atomic mass is 10.1. The van der Waals surface area contributed by atoms with Crippen LogP contribution in [0.1, 0.15) is 36.7 Å². The van der Waals surface area contributed by atoms with Crippen LogP contribution in [0.4, 0.5) is 5.82 Å². The van der Waals surface area contributed by atoms with Gasteiger partial charge in [0.1, 0.15) is 0 Å². The standard InChI is InChI=1S/C12H21N5O2/c1-9(8-17-5-3-2-4-6-17)7-14-12(18)10-11(13)16-19-15-10/h9H,2-8H2,1H3,(H2,13,16)(H,14,18). The Morgan fingerprint density at radius 2 is 2.16 bits per heavy atom. The number of aromatic nitrogens is 2. The molecule has 1 saturated heterocycles. The van der Waals surface area contributed by atoms with Crippen LogP contribution in [0.5, 0.6) is 0 Å². The van der Waals surface area contributed by atoms with Gasteiger partial charge in [0.05, 0.1) is 0 Å². The second kappa shape index (κ2) is 6.51. The first kappa shape index (κ1) is 13.8. The van der Waals surface area contributed by atoms with E-state index in [2.05, 4.69) is 32.1 Å². The van der Waals surface area contributed by atoms with Gasteiger partial charge in [0.2, 0.25) is 11.5 Å². The van der Waals surface area contributed by atoms with Crippen molar-refractivity contribution in [2.75, 3.05) is 31.9 Å². The van der Waals surface area contributed by atoms with Crippen LogP contribution >= 0.6 is 0 Å². The number of rotatable bonds is 5. The van der Waals surface area contributed by atoms with Crippen molar-refractivity contribution in [2.24, 2.45) is 5.92 Å². The van der Waals surface area contributed by atoms with Gasteiger partial charge in [0, 0.05) is 13.1 Å². The molecule has 1 amide bonds. The number of nitrogen functional groups attached to an aromatic ring is 1. The second-order valence-electron chi connectivity index (χ2n) is 5.17. The molecule has 1 aliphatic heterocycles. The van der Waals surface area contributed by atoms with Gasteiger partial charge in [0.15, 0.2) is 0 Å². The minimum Gasteiger partial charge on any atom is -0.379 e. The van der Waals surface area contributed by atoms with E-state index in [1.165, 1.54) is 32.4 Å². The summed E-state index contributed by atoms with van der Waals surface area (Å²) in [6.45, 7) is 6.06. The van der Waals surface area contributed by atoms with Gasteiger partial charge in [-0.05, 0) is 42.2 Å². The SMILES string of the molecule is CC(CNC(=O)c1nonc1N)CN1CCCCC1. The quantitative estimate of drug-likeness (QED) is 0.806. The van der Waals surface area contributed by atoms with Crippen molar-refractivity contribution in [3.63, 3.8) is 0 Å². The number of amides is 1. The van der Waals surface area contributed by atoms with Gasteiger partial charge in [-0.3, -0.25) is 4.79 Å². The number of carbonyl (C=O) groups is 1. The van der Waals surface area contributed by atoms with Crippen LogP contribution in [-0.4, -0.2) is 47.3 Å². The van der Waals surface area contributed by atoms with Crippen LogP contribution in [-0.2, 0) is 0 Å². The van der Waals surface area contributed by atoms with E-state index in [9.17, 15) is 4.79 Å². The maximum Gasteiger partial charge on any atom is 0.277 e. The Kier molecular flexibility index (Phi) is 4.73. The average Bonchev–Trinajstić information content (AvgIpc) is 2.83. The summed E-state index contributed by atoms with van der Waals surface area (Å²) in [5, 5.41) is 9.66. The summed E-state index contributed by atoms with van der Waals surface area (Å²) >= 11 is 0. The third-order valence-electron chi connectivity index (χ3n) is 3.36. The first-order valence-electron chi connectivity index (χ1n) is 6.75. The molecule has 3 N–H and O–H groups in total. The number of nitrogens with two attached hydrogens (primary N) is 1. The molecule has 7 heteroatoms. The average molecular weight is 267 g/mol. The first-order chi connectivity index (χ1) is 9.16. The molecule has 0 aromatic carbocycles. The highest BCUT2D eigenvalue weighted by Gasteiger charge is 2.18. The molecule has 0 spiro atoms. The Hall–Kier alpha value is -1.63. The normalized spacial score (nSPS) is 18.2. The third-order valence-corrected chi connectivity index (χ3v) is 3.36. The van der Waals surface area contributed by atoms with Crippen LogP contribution in [0.3, 0.4) is 0 Å². The van der Waals surface area contributed by atoms with Crippen molar-refractivity contribution in [3.8, 4) is 0 Å². The van der Waals surface area contributed by atoms with Crippen molar-refractivity contribution >= 4 is 11.7 Å². The third kappa shape index (κ3) is 3.92. The number of hydrogen-bond donors (Lipinski definition) is 2. The summed E-state index contributed by atoms with van der Waals surface area (Å²) in [4.78, 5) is 14.2. The number of piperidine rings is 1. The number of nitrogens with zero attached hydrogens (tertiary/aromatic N) is 3. The fourth-order valence-corrected chi connectivity index (χ4v) is 2.35. The summed E-state index contributed by atoms with van der Waals surface area (Å²) < 4.78 is 4.40. The van der Waals surface area contributed by atoms with E-state index in [1.807, 2.05) is 0 Å². The zero-order chi connectivity index (χ0) is 13.7. The Morgan fingerprint density at radius 3 is 2.79 bits per heavy atom. The van der Waals surface area contributed by atoms with E-state index in [-0.39, 0.29) is 17.4 Å². The minimum absolute atomic E-state index is 0.0289. The summed E-state index contributed by atoms with van der Waals surface area (Å²) in [6, 6.07) is 0. The Bertz CT molecular complexity index is 414. The Morgan fingerprint density at radius 1 is 1.42 bits per heavy atom. The maximum atomic E-state index is 11.8. The fraction of sp³-hybridized carbons (Fsp3) is 0.750. The molecule has 0 aliphatic carbocycles. The molecule has 2 rings (SSSR count). The minimum atomic E-state index is -0.329. The van der Waals surface area contributed by atoms with Gasteiger partial charge in [-0.15, -0.1) is 0 Å². The van der Waals surface area contributed by atoms with E-state index < -0.39 is 0 Å². The number of likely N-dealkylation sites (tertiary alicyclic amines) is 1. The van der Waals surface area contributed by atoms with Crippen molar-refractivity contribution in [1.82, 2.24) is 20.5 Å². The molecule has 1 aromatic rings. The van der Waals surface area contributed by atoms with E-state index in [1.54, 1.807) is 0 Å². The molecule has 0 saturated carbocycles. The van der Waals surface area contributed by atoms with E-state index in [0.29, 0.717) is 12.5 Å². The van der Waals surface area contributed by atoms with E-state index >= 15 is 0 Å². The summed E-state index contributed by atoms with van der Waals surface area (Å²) in [6.07, 6.45) is 3.89. The Labute approximate surface area is 112 Å². The zero-order valence-electron chi connectivity index (χ0n) is 11.3. The molecule has 1 aliphatic rings. The largest absolute Gasteiger partial charge is 0.379 e. The first-order valence-corrected chi connectivity index (χ1v) is 6.75. The molecule has 1 atom stereocenters. The molecule has 1 fully saturated rings. The predicted molar refractivity (Wildman–Crippen MR) is 70.5 cm³/mol. The number of anilines is 1. The molecular formula is C12H21N5O2. The fourth-order valence-electron chi connectivity index (χ4n) is 2.35. The molecule has 1 unspecified atom stereocenters. The van der Waals surface area contributed by atoms with Crippen molar-refractivity contribution < 1.29 is 9.42 Å². The van der Waals surface area contributed by atoms with Gasteiger partial charge in [-0.25, -0.2) is 4.63 Å². The highest BCUT2D eigenvalue weighted by Crippen LogP contribution is 2.10. The Balaban J connectivity index is 1.72. The van der Waals surface area contributed by atoms with Crippen LogP contribution in [0.25, 0.3) is 0 Å². The number of hydrogen-bond acceptors (Lipinski definition) is 6.